The average Bonchev–Trinajstić information content (AvgIpc) is 2.36. The summed E-state index contributed by atoms with van der Waals surface area (Å²) in [5.74, 6) is 1.43. The number of carbonyl (C=O) groups is 1. The molecule has 0 heterocycles. The fourth-order valence-electron chi connectivity index (χ4n) is 1.60. The lowest BCUT2D eigenvalue weighted by Crippen LogP contribution is -2.24. The van der Waals surface area contributed by atoms with Crippen molar-refractivity contribution >= 4 is 17.7 Å². The Morgan fingerprint density at radius 1 is 1.32 bits per heavy atom. The first-order chi connectivity index (χ1) is 8.93. The Balaban J connectivity index is 2.38. The van der Waals surface area contributed by atoms with E-state index in [0.29, 0.717) is 12.3 Å². The van der Waals surface area contributed by atoms with Crippen LogP contribution < -0.4 is 5.32 Å². The van der Waals surface area contributed by atoms with E-state index in [1.54, 1.807) is 17.8 Å². The third-order valence-corrected chi connectivity index (χ3v) is 3.77. The highest BCUT2D eigenvalue weighted by Crippen LogP contribution is 2.23. The summed E-state index contributed by atoms with van der Waals surface area (Å²) in [5.41, 5.74) is 2.79. The van der Waals surface area contributed by atoms with E-state index < -0.39 is 0 Å². The van der Waals surface area contributed by atoms with Gasteiger partial charge in [-0.2, -0.15) is 0 Å². The smallest absolute Gasteiger partial charge is 0.230 e. The first kappa shape index (κ1) is 15.8. The van der Waals surface area contributed by atoms with E-state index in [1.807, 2.05) is 0 Å². The van der Waals surface area contributed by atoms with Crippen LogP contribution in [0.5, 0.6) is 0 Å². The maximum atomic E-state index is 11.4. The lowest BCUT2D eigenvalue weighted by atomic mass is 9.87. The second-order valence-electron chi connectivity index (χ2n) is 5.53. The molecule has 1 rings (SSSR count). The molecule has 0 spiro atoms. The molecule has 19 heavy (non-hydrogen) atoms. The Kier molecular flexibility index (Phi) is 6.16. The second kappa shape index (κ2) is 7.39. The molecule has 1 aromatic rings. The molecule has 104 valence electrons. The van der Waals surface area contributed by atoms with Crippen LogP contribution in [0.25, 0.3) is 0 Å². The Morgan fingerprint density at radius 2 is 1.95 bits per heavy atom. The Hall–Kier alpha value is -1.22. The molecule has 3 heteroatoms. The van der Waals surface area contributed by atoms with Crippen molar-refractivity contribution in [1.82, 2.24) is 5.32 Å². The fourth-order valence-corrected chi connectivity index (χ4v) is 2.42. The van der Waals surface area contributed by atoms with Crippen LogP contribution in [0.2, 0.25) is 0 Å². The normalized spacial score (nSPS) is 11.1. The van der Waals surface area contributed by atoms with Gasteiger partial charge < -0.3 is 5.32 Å². The highest BCUT2D eigenvalue weighted by molar-refractivity contribution is 7.99. The van der Waals surface area contributed by atoms with Crippen LogP contribution in [0.4, 0.5) is 0 Å². The van der Waals surface area contributed by atoms with Crippen molar-refractivity contribution in [1.29, 1.82) is 0 Å². The summed E-state index contributed by atoms with van der Waals surface area (Å²) in [5, 5.41) is 2.77. The van der Waals surface area contributed by atoms with E-state index in [-0.39, 0.29) is 11.3 Å². The predicted octanol–water partition coefficient (Wildman–Crippen LogP) is 3.52. The van der Waals surface area contributed by atoms with Crippen molar-refractivity contribution < 1.29 is 4.79 Å². The summed E-state index contributed by atoms with van der Waals surface area (Å²) >= 11 is 1.63. The lowest BCUT2D eigenvalue weighted by molar-refractivity contribution is -0.118. The Bertz CT molecular complexity index is 417. The second-order valence-corrected chi connectivity index (χ2v) is 6.52. The van der Waals surface area contributed by atoms with Gasteiger partial charge in [0.25, 0.3) is 0 Å². The van der Waals surface area contributed by atoms with Gasteiger partial charge in [0.1, 0.15) is 0 Å². The minimum atomic E-state index is 0.0659. The molecular weight excluding hydrogens is 254 g/mol. The maximum Gasteiger partial charge on any atom is 0.230 e. The van der Waals surface area contributed by atoms with E-state index in [2.05, 4.69) is 56.9 Å². The van der Waals surface area contributed by atoms with E-state index >= 15 is 0 Å². The summed E-state index contributed by atoms with van der Waals surface area (Å²) in [4.78, 5) is 11.4. The summed E-state index contributed by atoms with van der Waals surface area (Å²) in [7, 11) is 0. The van der Waals surface area contributed by atoms with Crippen molar-refractivity contribution in [2.45, 2.75) is 31.9 Å². The fraction of sp³-hybridized carbons (Fsp3) is 0.438. The van der Waals surface area contributed by atoms with Gasteiger partial charge in [0.2, 0.25) is 5.91 Å². The maximum absolute atomic E-state index is 11.4. The first-order valence-electron chi connectivity index (χ1n) is 6.48. The number of benzene rings is 1. The summed E-state index contributed by atoms with van der Waals surface area (Å²) in [6.45, 7) is 10.7. The average molecular weight is 277 g/mol. The minimum Gasteiger partial charge on any atom is -0.352 e. The van der Waals surface area contributed by atoms with Gasteiger partial charge in [0, 0.05) is 12.3 Å². The van der Waals surface area contributed by atoms with Crippen molar-refractivity contribution in [3.63, 3.8) is 0 Å². The van der Waals surface area contributed by atoms with E-state index in [0.717, 1.165) is 5.75 Å². The van der Waals surface area contributed by atoms with Gasteiger partial charge in [0.05, 0.1) is 5.75 Å². The zero-order chi connectivity index (χ0) is 14.3. The monoisotopic (exact) mass is 277 g/mol. The zero-order valence-electron chi connectivity index (χ0n) is 12.0. The van der Waals surface area contributed by atoms with Gasteiger partial charge in [-0.05, 0) is 16.5 Å². The number of amides is 1. The lowest BCUT2D eigenvalue weighted by Gasteiger charge is -2.19. The van der Waals surface area contributed by atoms with Crippen LogP contribution in [0.3, 0.4) is 0 Å². The molecule has 1 amide bonds. The third kappa shape index (κ3) is 5.97. The standard InChI is InChI=1S/C16H23NOS/c1-5-10-17-15(18)12-19-11-13-6-8-14(9-7-13)16(2,3)4/h5-9H,1,10-12H2,2-4H3,(H,17,18). The number of nitrogens with one attached hydrogen (secondary N) is 1. The van der Waals surface area contributed by atoms with Crippen LogP contribution in [-0.2, 0) is 16.0 Å². The Morgan fingerprint density at radius 3 is 2.47 bits per heavy atom. The molecule has 0 unspecified atom stereocenters. The number of thioether (sulfide) groups is 1. The van der Waals surface area contributed by atoms with Gasteiger partial charge in [-0.1, -0.05) is 51.1 Å². The molecule has 0 aromatic heterocycles. The SMILES string of the molecule is C=CCNC(=O)CSCc1ccc(C(C)(C)C)cc1. The van der Waals surface area contributed by atoms with Crippen LogP contribution in [-0.4, -0.2) is 18.2 Å². The third-order valence-electron chi connectivity index (χ3n) is 2.77. The van der Waals surface area contributed by atoms with Crippen molar-refractivity contribution in [3.8, 4) is 0 Å². The summed E-state index contributed by atoms with van der Waals surface area (Å²) < 4.78 is 0. The van der Waals surface area contributed by atoms with Crippen LogP contribution >= 0.6 is 11.8 Å². The summed E-state index contributed by atoms with van der Waals surface area (Å²) in [6.07, 6.45) is 1.69. The molecule has 1 aromatic carbocycles. The molecule has 0 aliphatic heterocycles. The van der Waals surface area contributed by atoms with Gasteiger partial charge in [-0.3, -0.25) is 4.79 Å². The van der Waals surface area contributed by atoms with Crippen molar-refractivity contribution in [2.24, 2.45) is 0 Å². The van der Waals surface area contributed by atoms with Crippen LogP contribution in [0, 0.1) is 0 Å². The molecule has 0 radical (unpaired) electrons. The molecule has 0 atom stereocenters. The highest BCUT2D eigenvalue weighted by atomic mass is 32.2. The molecule has 0 bridgehead atoms. The van der Waals surface area contributed by atoms with E-state index in [9.17, 15) is 4.79 Å². The van der Waals surface area contributed by atoms with Gasteiger partial charge in [-0.25, -0.2) is 0 Å². The predicted molar refractivity (Wildman–Crippen MR) is 84.5 cm³/mol. The molecule has 0 saturated carbocycles. The van der Waals surface area contributed by atoms with Crippen LogP contribution in [0.15, 0.2) is 36.9 Å². The highest BCUT2D eigenvalue weighted by Gasteiger charge is 2.12. The Labute approximate surface area is 120 Å². The number of hydrogen-bond acceptors (Lipinski definition) is 2. The molecule has 0 fully saturated rings. The molecule has 0 aliphatic rings. The first-order valence-corrected chi connectivity index (χ1v) is 7.63. The number of rotatable bonds is 6. The number of hydrogen-bond donors (Lipinski definition) is 1. The number of carbonyl (C=O) groups excluding carboxylic acids is 1. The minimum absolute atomic E-state index is 0.0659. The largest absolute Gasteiger partial charge is 0.352 e. The molecular formula is C16H23NOS. The topological polar surface area (TPSA) is 29.1 Å². The summed E-state index contributed by atoms with van der Waals surface area (Å²) in [6, 6.07) is 8.64. The molecule has 0 saturated heterocycles. The molecule has 0 aliphatic carbocycles. The van der Waals surface area contributed by atoms with E-state index in [1.165, 1.54) is 11.1 Å². The quantitative estimate of drug-likeness (QED) is 0.806. The van der Waals surface area contributed by atoms with Crippen molar-refractivity contribution in [3.05, 3.63) is 48.0 Å². The molecule has 2 nitrogen and oxygen atoms in total. The zero-order valence-corrected chi connectivity index (χ0v) is 12.8. The van der Waals surface area contributed by atoms with Crippen LogP contribution in [0.1, 0.15) is 31.9 Å². The van der Waals surface area contributed by atoms with Gasteiger partial charge in [0.15, 0.2) is 0 Å². The van der Waals surface area contributed by atoms with Crippen molar-refractivity contribution in [2.75, 3.05) is 12.3 Å². The molecule has 1 N–H and O–H groups in total. The van der Waals surface area contributed by atoms with Gasteiger partial charge in [-0.15, -0.1) is 18.3 Å². The van der Waals surface area contributed by atoms with Gasteiger partial charge >= 0.3 is 0 Å². The van der Waals surface area contributed by atoms with E-state index in [4.69, 9.17) is 0 Å².